The molecule has 1 aromatic heterocycles. The summed E-state index contributed by atoms with van der Waals surface area (Å²) >= 11 is 0. The predicted octanol–water partition coefficient (Wildman–Crippen LogP) is 2.60. The molecule has 0 unspecified atom stereocenters. The monoisotopic (exact) mass is 399 g/mol. The number of rotatable bonds is 8. The third-order valence-electron chi connectivity index (χ3n) is 4.67. The number of carbonyl (C=O) groups excluding carboxylic acids is 1. The van der Waals surface area contributed by atoms with E-state index in [4.69, 9.17) is 0 Å². The van der Waals surface area contributed by atoms with E-state index in [1.165, 1.54) is 4.31 Å². The maximum absolute atomic E-state index is 12.3. The first-order valence-electron chi connectivity index (χ1n) is 9.15. The lowest BCUT2D eigenvalue weighted by Gasteiger charge is -2.19. The second-order valence-corrected chi connectivity index (χ2v) is 8.95. The Balaban J connectivity index is 1.61. The fraction of sp³-hybridized carbons (Fsp3) is 0.286. The smallest absolute Gasteiger partial charge is 0.235 e. The largest absolute Gasteiger partial charge is 0.361 e. The number of carbonyl (C=O) groups is 1. The fourth-order valence-corrected chi connectivity index (χ4v) is 3.96. The van der Waals surface area contributed by atoms with Crippen molar-refractivity contribution in [2.24, 2.45) is 0 Å². The first kappa shape index (κ1) is 20.1. The summed E-state index contributed by atoms with van der Waals surface area (Å²) in [6, 6.07) is 15.7. The Labute approximate surface area is 165 Å². The Morgan fingerprint density at radius 3 is 2.68 bits per heavy atom. The van der Waals surface area contributed by atoms with Gasteiger partial charge >= 0.3 is 0 Å². The van der Waals surface area contributed by atoms with Crippen molar-refractivity contribution in [2.75, 3.05) is 19.3 Å². The number of hydrogen-bond donors (Lipinski definition) is 2. The minimum Gasteiger partial charge on any atom is -0.361 e. The highest BCUT2D eigenvalue weighted by atomic mass is 32.2. The molecule has 0 saturated carbocycles. The summed E-state index contributed by atoms with van der Waals surface area (Å²) in [6.45, 7) is 2.42. The number of aromatic amines is 1. The maximum atomic E-state index is 12.3. The topological polar surface area (TPSA) is 82.3 Å². The van der Waals surface area contributed by atoms with Crippen molar-refractivity contribution in [2.45, 2.75) is 19.9 Å². The highest BCUT2D eigenvalue weighted by Gasteiger charge is 2.20. The third kappa shape index (κ3) is 5.21. The molecule has 0 aliphatic rings. The molecule has 3 aromatic rings. The van der Waals surface area contributed by atoms with Gasteiger partial charge < -0.3 is 10.3 Å². The number of fused-ring (bicyclic) bond motifs is 1. The van der Waals surface area contributed by atoms with Gasteiger partial charge in [-0.1, -0.05) is 48.0 Å². The SMILES string of the molecule is Cc1cccc(CNC(=O)CN(CCc2c[nH]c3ccccc23)S(C)(=O)=O)c1. The van der Waals surface area contributed by atoms with Crippen molar-refractivity contribution in [3.63, 3.8) is 0 Å². The molecule has 0 atom stereocenters. The number of benzene rings is 2. The Morgan fingerprint density at radius 1 is 1.14 bits per heavy atom. The van der Waals surface area contributed by atoms with Gasteiger partial charge in [-0.15, -0.1) is 0 Å². The van der Waals surface area contributed by atoms with Crippen LogP contribution in [0, 0.1) is 6.92 Å². The lowest BCUT2D eigenvalue weighted by Crippen LogP contribution is -2.41. The first-order valence-corrected chi connectivity index (χ1v) is 11.0. The average Bonchev–Trinajstić information content (AvgIpc) is 3.06. The molecule has 148 valence electrons. The van der Waals surface area contributed by atoms with Gasteiger partial charge in [0.2, 0.25) is 15.9 Å². The van der Waals surface area contributed by atoms with Gasteiger partial charge in [0, 0.05) is 30.2 Å². The van der Waals surface area contributed by atoms with Crippen LogP contribution >= 0.6 is 0 Å². The average molecular weight is 400 g/mol. The lowest BCUT2D eigenvalue weighted by molar-refractivity contribution is -0.121. The molecule has 0 aliphatic carbocycles. The van der Waals surface area contributed by atoms with Gasteiger partial charge in [0.05, 0.1) is 12.8 Å². The third-order valence-corrected chi connectivity index (χ3v) is 5.92. The molecular weight excluding hydrogens is 374 g/mol. The minimum atomic E-state index is -3.49. The predicted molar refractivity (Wildman–Crippen MR) is 111 cm³/mol. The fourth-order valence-electron chi connectivity index (χ4n) is 3.18. The molecule has 0 bridgehead atoms. The van der Waals surface area contributed by atoms with E-state index < -0.39 is 10.0 Å². The van der Waals surface area contributed by atoms with Gasteiger partial charge in [-0.3, -0.25) is 4.79 Å². The number of nitrogens with one attached hydrogen (secondary N) is 2. The summed E-state index contributed by atoms with van der Waals surface area (Å²) in [7, 11) is -3.49. The summed E-state index contributed by atoms with van der Waals surface area (Å²) in [5, 5.41) is 3.87. The zero-order chi connectivity index (χ0) is 20.1. The number of nitrogens with zero attached hydrogens (tertiary/aromatic N) is 1. The molecule has 6 nitrogen and oxygen atoms in total. The van der Waals surface area contributed by atoms with Crippen LogP contribution < -0.4 is 5.32 Å². The molecule has 28 heavy (non-hydrogen) atoms. The number of aromatic nitrogens is 1. The molecule has 3 rings (SSSR count). The van der Waals surface area contributed by atoms with E-state index in [0.717, 1.165) is 33.8 Å². The number of sulfonamides is 1. The van der Waals surface area contributed by atoms with Crippen LogP contribution in [0.15, 0.2) is 54.7 Å². The zero-order valence-corrected chi connectivity index (χ0v) is 16.9. The van der Waals surface area contributed by atoms with Gasteiger partial charge in [-0.25, -0.2) is 8.42 Å². The second kappa shape index (κ2) is 8.58. The summed E-state index contributed by atoms with van der Waals surface area (Å²) in [6.07, 6.45) is 3.56. The number of H-pyrrole nitrogens is 1. The molecule has 1 heterocycles. The molecule has 7 heteroatoms. The van der Waals surface area contributed by atoms with E-state index in [2.05, 4.69) is 10.3 Å². The molecule has 0 saturated heterocycles. The van der Waals surface area contributed by atoms with Crippen LogP contribution in [-0.2, 0) is 27.8 Å². The van der Waals surface area contributed by atoms with Gasteiger partial charge in [-0.2, -0.15) is 4.31 Å². The number of aryl methyl sites for hydroxylation is 1. The van der Waals surface area contributed by atoms with Crippen molar-refractivity contribution < 1.29 is 13.2 Å². The van der Waals surface area contributed by atoms with E-state index >= 15 is 0 Å². The zero-order valence-electron chi connectivity index (χ0n) is 16.1. The van der Waals surface area contributed by atoms with Crippen LogP contribution in [0.1, 0.15) is 16.7 Å². The second-order valence-electron chi connectivity index (χ2n) is 6.97. The van der Waals surface area contributed by atoms with Crippen molar-refractivity contribution in [1.82, 2.24) is 14.6 Å². The Bertz CT molecular complexity index is 1070. The van der Waals surface area contributed by atoms with Gasteiger partial charge in [0.25, 0.3) is 0 Å². The van der Waals surface area contributed by atoms with E-state index in [0.29, 0.717) is 13.0 Å². The Kier molecular flexibility index (Phi) is 6.16. The van der Waals surface area contributed by atoms with Gasteiger partial charge in [0.15, 0.2) is 0 Å². The number of amides is 1. The Morgan fingerprint density at radius 2 is 1.93 bits per heavy atom. The highest BCUT2D eigenvalue weighted by Crippen LogP contribution is 2.18. The van der Waals surface area contributed by atoms with Crippen LogP contribution in [0.25, 0.3) is 10.9 Å². The Hall–Kier alpha value is -2.64. The van der Waals surface area contributed by atoms with E-state index in [-0.39, 0.29) is 19.0 Å². The highest BCUT2D eigenvalue weighted by molar-refractivity contribution is 7.88. The summed E-state index contributed by atoms with van der Waals surface area (Å²) in [5.74, 6) is -0.314. The lowest BCUT2D eigenvalue weighted by atomic mass is 10.1. The summed E-state index contributed by atoms with van der Waals surface area (Å²) < 4.78 is 25.5. The molecular formula is C21H25N3O3S. The quantitative estimate of drug-likeness (QED) is 0.611. The van der Waals surface area contributed by atoms with E-state index in [1.54, 1.807) is 0 Å². The van der Waals surface area contributed by atoms with Crippen LogP contribution in [0.2, 0.25) is 0 Å². The molecule has 0 radical (unpaired) electrons. The van der Waals surface area contributed by atoms with E-state index in [9.17, 15) is 13.2 Å². The molecule has 2 N–H and O–H groups in total. The number of hydrogen-bond acceptors (Lipinski definition) is 3. The van der Waals surface area contributed by atoms with Crippen LogP contribution in [0.3, 0.4) is 0 Å². The minimum absolute atomic E-state index is 0.187. The van der Waals surface area contributed by atoms with Crippen molar-refractivity contribution in [1.29, 1.82) is 0 Å². The molecule has 1 amide bonds. The number of para-hydroxylation sites is 1. The van der Waals surface area contributed by atoms with Crippen LogP contribution in [-0.4, -0.2) is 43.0 Å². The van der Waals surface area contributed by atoms with Gasteiger partial charge in [-0.05, 0) is 30.5 Å². The van der Waals surface area contributed by atoms with Crippen molar-refractivity contribution >= 4 is 26.8 Å². The summed E-state index contributed by atoms with van der Waals surface area (Å²) in [5.41, 5.74) is 4.14. The molecule has 2 aromatic carbocycles. The van der Waals surface area contributed by atoms with Crippen molar-refractivity contribution in [3.05, 3.63) is 71.4 Å². The van der Waals surface area contributed by atoms with E-state index in [1.807, 2.05) is 61.7 Å². The maximum Gasteiger partial charge on any atom is 0.235 e. The first-order chi connectivity index (χ1) is 13.3. The van der Waals surface area contributed by atoms with Crippen LogP contribution in [0.4, 0.5) is 0 Å². The van der Waals surface area contributed by atoms with Gasteiger partial charge in [0.1, 0.15) is 0 Å². The molecule has 0 aliphatic heterocycles. The van der Waals surface area contributed by atoms with Crippen LogP contribution in [0.5, 0.6) is 0 Å². The standard InChI is InChI=1S/C21H25N3O3S/c1-16-6-5-7-17(12-16)13-23-21(25)15-24(28(2,26)27)11-10-18-14-22-20-9-4-3-8-19(18)20/h3-9,12,14,22H,10-11,13,15H2,1-2H3,(H,23,25). The molecule has 0 fully saturated rings. The van der Waals surface area contributed by atoms with Crippen molar-refractivity contribution in [3.8, 4) is 0 Å². The summed E-state index contributed by atoms with van der Waals surface area (Å²) in [4.78, 5) is 15.5. The molecule has 0 spiro atoms. The normalized spacial score (nSPS) is 11.8.